The number of halogens is 1. The van der Waals surface area contributed by atoms with Crippen LogP contribution < -0.4 is 9.46 Å². The fourth-order valence-corrected chi connectivity index (χ4v) is 3.49. The van der Waals surface area contributed by atoms with Crippen LogP contribution in [-0.2, 0) is 14.8 Å². The zero-order chi connectivity index (χ0) is 17.7. The van der Waals surface area contributed by atoms with Crippen LogP contribution in [0.4, 0.5) is 0 Å². The second kappa shape index (κ2) is 7.98. The molecule has 24 heavy (non-hydrogen) atoms. The van der Waals surface area contributed by atoms with Gasteiger partial charge in [0.25, 0.3) is 0 Å². The predicted octanol–water partition coefficient (Wildman–Crippen LogP) is 3.32. The minimum absolute atomic E-state index is 0.0947. The van der Waals surface area contributed by atoms with Gasteiger partial charge in [-0.2, -0.15) is 0 Å². The molecule has 2 aromatic rings. The molecule has 2 aromatic carbocycles. The lowest BCUT2D eigenvalue weighted by molar-refractivity contribution is 0.107. The van der Waals surface area contributed by atoms with Gasteiger partial charge in [0.05, 0.1) is 18.1 Å². The average Bonchev–Trinajstić information content (AvgIpc) is 2.58. The lowest BCUT2D eigenvalue weighted by Gasteiger charge is -2.17. The Balaban J connectivity index is 2.15. The van der Waals surface area contributed by atoms with Gasteiger partial charge in [-0.3, -0.25) is 0 Å². The average molecular weight is 370 g/mol. The Morgan fingerprint density at radius 3 is 2.54 bits per heavy atom. The number of benzene rings is 2. The van der Waals surface area contributed by atoms with Crippen molar-refractivity contribution in [1.82, 2.24) is 4.72 Å². The minimum Gasteiger partial charge on any atom is -0.497 e. The summed E-state index contributed by atoms with van der Waals surface area (Å²) in [6, 6.07) is 11.9. The molecule has 7 heteroatoms. The van der Waals surface area contributed by atoms with Crippen LogP contribution in [-0.4, -0.2) is 29.2 Å². The van der Waals surface area contributed by atoms with Gasteiger partial charge in [-0.15, -0.1) is 0 Å². The molecule has 0 saturated heterocycles. The van der Waals surface area contributed by atoms with E-state index in [1.165, 1.54) is 19.2 Å². The predicted molar refractivity (Wildman–Crippen MR) is 94.1 cm³/mol. The summed E-state index contributed by atoms with van der Waals surface area (Å²) in [5, 5.41) is 0.411. The molecule has 0 fully saturated rings. The van der Waals surface area contributed by atoms with Crippen LogP contribution in [0.15, 0.2) is 47.4 Å². The summed E-state index contributed by atoms with van der Waals surface area (Å²) >= 11 is 6.01. The molecule has 0 bridgehead atoms. The van der Waals surface area contributed by atoms with Crippen molar-refractivity contribution in [3.05, 3.63) is 58.6 Å². The van der Waals surface area contributed by atoms with Crippen LogP contribution in [0.5, 0.6) is 5.75 Å². The van der Waals surface area contributed by atoms with Gasteiger partial charge in [-0.1, -0.05) is 29.8 Å². The van der Waals surface area contributed by atoms with E-state index in [0.717, 1.165) is 11.1 Å². The third-order valence-electron chi connectivity index (χ3n) is 3.66. The van der Waals surface area contributed by atoms with E-state index in [1.54, 1.807) is 13.2 Å². The van der Waals surface area contributed by atoms with Crippen LogP contribution in [0.3, 0.4) is 0 Å². The summed E-state index contributed by atoms with van der Waals surface area (Å²) in [7, 11) is -0.571. The Kier molecular flexibility index (Phi) is 6.23. The van der Waals surface area contributed by atoms with Crippen LogP contribution in [0.2, 0.25) is 5.02 Å². The maximum absolute atomic E-state index is 12.4. The third kappa shape index (κ3) is 4.48. The molecule has 0 spiro atoms. The number of aryl methyl sites for hydroxylation is 1. The molecule has 1 unspecified atom stereocenters. The molecular formula is C17H20ClNO4S. The molecule has 0 saturated carbocycles. The fourth-order valence-electron chi connectivity index (χ4n) is 2.19. The van der Waals surface area contributed by atoms with Crippen LogP contribution in [0.25, 0.3) is 0 Å². The molecule has 1 atom stereocenters. The number of sulfonamides is 1. The molecule has 0 heterocycles. The zero-order valence-electron chi connectivity index (χ0n) is 13.7. The first-order valence-electron chi connectivity index (χ1n) is 7.30. The lowest BCUT2D eigenvalue weighted by Crippen LogP contribution is -2.29. The second-order valence-corrected chi connectivity index (χ2v) is 7.44. The highest BCUT2D eigenvalue weighted by atomic mass is 35.5. The lowest BCUT2D eigenvalue weighted by atomic mass is 10.1. The molecule has 5 nitrogen and oxygen atoms in total. The molecule has 2 rings (SSSR count). The highest BCUT2D eigenvalue weighted by molar-refractivity contribution is 7.89. The van der Waals surface area contributed by atoms with Crippen molar-refractivity contribution in [1.29, 1.82) is 0 Å². The molecule has 0 aliphatic heterocycles. The Hall–Kier alpha value is -1.60. The van der Waals surface area contributed by atoms with Gasteiger partial charge in [0.15, 0.2) is 0 Å². The standard InChI is InChI=1S/C17H20ClNO4S/c1-12-7-8-15(10-16(12)18)24(20,21)19-11-17(23-3)13-5-4-6-14(9-13)22-2/h4-10,17,19H,11H2,1-3H3. The molecule has 0 aliphatic rings. The normalized spacial score (nSPS) is 12.8. The molecule has 130 valence electrons. The van der Waals surface area contributed by atoms with Gasteiger partial charge in [0, 0.05) is 18.7 Å². The van der Waals surface area contributed by atoms with Gasteiger partial charge in [-0.05, 0) is 42.3 Å². The molecule has 0 amide bonds. The van der Waals surface area contributed by atoms with Crippen molar-refractivity contribution in [2.75, 3.05) is 20.8 Å². The van der Waals surface area contributed by atoms with E-state index in [2.05, 4.69) is 4.72 Å². The number of ether oxygens (including phenoxy) is 2. The Morgan fingerprint density at radius 2 is 1.92 bits per heavy atom. The van der Waals surface area contributed by atoms with Crippen LogP contribution >= 0.6 is 11.6 Å². The first kappa shape index (κ1) is 18.7. The number of hydrogen-bond donors (Lipinski definition) is 1. The Bertz CT molecular complexity index is 808. The fraction of sp³-hybridized carbons (Fsp3) is 0.294. The van der Waals surface area contributed by atoms with Crippen molar-refractivity contribution in [3.63, 3.8) is 0 Å². The minimum atomic E-state index is -3.67. The largest absolute Gasteiger partial charge is 0.497 e. The topological polar surface area (TPSA) is 64.6 Å². The molecule has 0 aromatic heterocycles. The van der Waals surface area contributed by atoms with Gasteiger partial charge >= 0.3 is 0 Å². The van der Waals surface area contributed by atoms with E-state index >= 15 is 0 Å². The Morgan fingerprint density at radius 1 is 1.17 bits per heavy atom. The highest BCUT2D eigenvalue weighted by Crippen LogP contribution is 2.23. The van der Waals surface area contributed by atoms with Crippen molar-refractivity contribution in [2.24, 2.45) is 0 Å². The number of nitrogens with one attached hydrogen (secondary N) is 1. The SMILES string of the molecule is COc1cccc(C(CNS(=O)(=O)c2ccc(C)c(Cl)c2)OC)c1. The van der Waals surface area contributed by atoms with E-state index < -0.39 is 16.1 Å². The monoisotopic (exact) mass is 369 g/mol. The van der Waals surface area contributed by atoms with Crippen molar-refractivity contribution in [3.8, 4) is 5.75 Å². The van der Waals surface area contributed by atoms with Crippen molar-refractivity contribution >= 4 is 21.6 Å². The summed E-state index contributed by atoms with van der Waals surface area (Å²) in [4.78, 5) is 0.124. The molecule has 1 N–H and O–H groups in total. The molecule has 0 aliphatic carbocycles. The van der Waals surface area contributed by atoms with E-state index in [1.807, 2.05) is 31.2 Å². The maximum Gasteiger partial charge on any atom is 0.240 e. The van der Waals surface area contributed by atoms with Crippen molar-refractivity contribution < 1.29 is 17.9 Å². The smallest absolute Gasteiger partial charge is 0.240 e. The van der Waals surface area contributed by atoms with Gasteiger partial charge < -0.3 is 9.47 Å². The van der Waals surface area contributed by atoms with Crippen LogP contribution in [0, 0.1) is 6.92 Å². The first-order chi connectivity index (χ1) is 11.4. The molecular weight excluding hydrogens is 350 g/mol. The maximum atomic E-state index is 12.4. The summed E-state index contributed by atoms with van der Waals surface area (Å²) in [6.07, 6.45) is -0.434. The number of rotatable bonds is 7. The highest BCUT2D eigenvalue weighted by Gasteiger charge is 2.19. The van der Waals surface area contributed by atoms with Crippen molar-refractivity contribution in [2.45, 2.75) is 17.9 Å². The summed E-state index contributed by atoms with van der Waals surface area (Å²) in [5.74, 6) is 0.683. The summed E-state index contributed by atoms with van der Waals surface area (Å²) < 4.78 is 38.0. The van der Waals surface area contributed by atoms with Gasteiger partial charge in [0.2, 0.25) is 10.0 Å². The van der Waals surface area contributed by atoms with Gasteiger partial charge in [0.1, 0.15) is 5.75 Å². The van der Waals surface area contributed by atoms with E-state index in [0.29, 0.717) is 10.8 Å². The third-order valence-corrected chi connectivity index (χ3v) is 5.49. The van der Waals surface area contributed by atoms with Crippen LogP contribution in [0.1, 0.15) is 17.2 Å². The van der Waals surface area contributed by atoms with E-state index in [-0.39, 0.29) is 11.4 Å². The Labute approximate surface area is 147 Å². The zero-order valence-corrected chi connectivity index (χ0v) is 15.3. The summed E-state index contributed by atoms with van der Waals surface area (Å²) in [6.45, 7) is 1.91. The molecule has 0 radical (unpaired) electrons. The number of methoxy groups -OCH3 is 2. The first-order valence-corrected chi connectivity index (χ1v) is 9.16. The van der Waals surface area contributed by atoms with E-state index in [4.69, 9.17) is 21.1 Å². The quantitative estimate of drug-likeness (QED) is 0.813. The number of hydrogen-bond acceptors (Lipinski definition) is 4. The van der Waals surface area contributed by atoms with E-state index in [9.17, 15) is 8.42 Å². The summed E-state index contributed by atoms with van der Waals surface area (Å²) in [5.41, 5.74) is 1.64. The van der Waals surface area contributed by atoms with Gasteiger partial charge in [-0.25, -0.2) is 13.1 Å². The second-order valence-electron chi connectivity index (χ2n) is 5.26.